The molecule has 0 aliphatic rings. The number of hydrogen-bond donors (Lipinski definition) is 4. The van der Waals surface area contributed by atoms with Crippen LogP contribution in [0.2, 0.25) is 0 Å². The molecule has 2 heterocycles. The summed E-state index contributed by atoms with van der Waals surface area (Å²) in [5.41, 5.74) is 2.51. The molecule has 0 aliphatic heterocycles. The highest BCUT2D eigenvalue weighted by molar-refractivity contribution is 6.04. The Morgan fingerprint density at radius 2 is 1.76 bits per heavy atom. The number of carbonyl (C=O) groups excluding carboxylic acids is 2. The summed E-state index contributed by atoms with van der Waals surface area (Å²) in [6, 6.07) is 20.0. The molecule has 33 heavy (non-hydrogen) atoms. The molecule has 2 aromatic heterocycles. The molecule has 4 aromatic rings. The van der Waals surface area contributed by atoms with Crippen molar-refractivity contribution in [1.82, 2.24) is 25.5 Å². The molecule has 2 aromatic carbocycles. The number of aromatic hydroxyl groups is 1. The van der Waals surface area contributed by atoms with Gasteiger partial charge in [0.25, 0.3) is 11.8 Å². The van der Waals surface area contributed by atoms with Crippen molar-refractivity contribution >= 4 is 17.5 Å². The summed E-state index contributed by atoms with van der Waals surface area (Å²) < 4.78 is 0. The Morgan fingerprint density at radius 3 is 2.58 bits per heavy atom. The van der Waals surface area contributed by atoms with Gasteiger partial charge in [-0.25, -0.2) is 9.97 Å². The molecular weight excluding hydrogens is 420 g/mol. The number of rotatable bonds is 8. The smallest absolute Gasteiger partial charge is 0.290 e. The minimum atomic E-state index is -0.505. The second-order valence-electron chi connectivity index (χ2n) is 7.30. The van der Waals surface area contributed by atoms with E-state index in [9.17, 15) is 14.7 Å². The van der Waals surface area contributed by atoms with Crippen LogP contribution in [0.5, 0.6) is 5.75 Å². The number of hydrogen-bond acceptors (Lipinski definition) is 6. The summed E-state index contributed by atoms with van der Waals surface area (Å²) in [4.78, 5) is 32.8. The Kier molecular flexibility index (Phi) is 6.70. The lowest BCUT2D eigenvalue weighted by Crippen LogP contribution is -2.26. The van der Waals surface area contributed by atoms with Gasteiger partial charge >= 0.3 is 0 Å². The van der Waals surface area contributed by atoms with Crippen LogP contribution in [0.1, 0.15) is 38.1 Å². The van der Waals surface area contributed by atoms with Crippen LogP contribution in [0.3, 0.4) is 0 Å². The highest BCUT2D eigenvalue weighted by Crippen LogP contribution is 2.16. The third-order valence-electron chi connectivity index (χ3n) is 4.83. The summed E-state index contributed by atoms with van der Waals surface area (Å²) in [5, 5.41) is 22.1. The number of benzene rings is 2. The van der Waals surface area contributed by atoms with E-state index in [1.807, 2.05) is 36.4 Å². The second-order valence-corrected chi connectivity index (χ2v) is 7.30. The van der Waals surface area contributed by atoms with Gasteiger partial charge in [-0.15, -0.1) is 5.10 Å². The lowest BCUT2D eigenvalue weighted by Gasteiger charge is -2.08. The Morgan fingerprint density at radius 1 is 0.939 bits per heavy atom. The molecule has 0 fully saturated rings. The molecule has 0 saturated carbocycles. The maximum atomic E-state index is 12.4. The van der Waals surface area contributed by atoms with Crippen molar-refractivity contribution in [2.24, 2.45) is 0 Å². The van der Waals surface area contributed by atoms with Gasteiger partial charge in [0.15, 0.2) is 5.69 Å². The van der Waals surface area contributed by atoms with Gasteiger partial charge in [0, 0.05) is 24.8 Å². The van der Waals surface area contributed by atoms with Crippen molar-refractivity contribution in [1.29, 1.82) is 0 Å². The predicted molar refractivity (Wildman–Crippen MR) is 122 cm³/mol. The van der Waals surface area contributed by atoms with E-state index in [1.54, 1.807) is 24.3 Å². The van der Waals surface area contributed by atoms with Gasteiger partial charge in [0.05, 0.1) is 0 Å². The third kappa shape index (κ3) is 5.79. The Bertz CT molecular complexity index is 1260. The van der Waals surface area contributed by atoms with Crippen molar-refractivity contribution in [3.8, 4) is 5.75 Å². The lowest BCUT2D eigenvalue weighted by atomic mass is 10.1. The normalized spacial score (nSPS) is 10.5. The van der Waals surface area contributed by atoms with E-state index < -0.39 is 5.91 Å². The predicted octanol–water partition coefficient (Wildman–Crippen LogP) is 2.72. The zero-order chi connectivity index (χ0) is 23.0. The summed E-state index contributed by atoms with van der Waals surface area (Å²) in [7, 11) is 0. The Hall–Kier alpha value is -4.53. The fraction of sp³-hybridized carbons (Fsp3) is 0.125. The number of carbonyl (C=O) groups is 2. The molecule has 0 aliphatic carbocycles. The van der Waals surface area contributed by atoms with Crippen molar-refractivity contribution in [3.63, 3.8) is 0 Å². The summed E-state index contributed by atoms with van der Waals surface area (Å²) in [6.45, 7) is 0.375. The number of pyridine rings is 1. The van der Waals surface area contributed by atoms with Crippen molar-refractivity contribution < 1.29 is 14.7 Å². The number of amides is 2. The zero-order valence-electron chi connectivity index (χ0n) is 17.7. The number of anilines is 1. The van der Waals surface area contributed by atoms with Crippen molar-refractivity contribution in [2.45, 2.75) is 12.8 Å². The highest BCUT2D eigenvalue weighted by Gasteiger charge is 2.14. The van der Waals surface area contributed by atoms with Crippen LogP contribution in [0.25, 0.3) is 0 Å². The summed E-state index contributed by atoms with van der Waals surface area (Å²) >= 11 is 0. The number of aromatic amines is 1. The van der Waals surface area contributed by atoms with E-state index in [4.69, 9.17) is 0 Å². The molecule has 2 amide bonds. The molecule has 166 valence electrons. The first-order valence-electron chi connectivity index (χ1n) is 10.4. The number of nitrogens with one attached hydrogen (secondary N) is 3. The van der Waals surface area contributed by atoms with Gasteiger partial charge in [-0.3, -0.25) is 14.7 Å². The third-order valence-corrected chi connectivity index (χ3v) is 4.83. The number of H-pyrrole nitrogens is 1. The van der Waals surface area contributed by atoms with Gasteiger partial charge in [0.2, 0.25) is 5.82 Å². The van der Waals surface area contributed by atoms with Crippen molar-refractivity contribution in [3.05, 3.63) is 101 Å². The second kappa shape index (κ2) is 10.2. The average Bonchev–Trinajstić information content (AvgIpc) is 3.29. The molecule has 0 unspecified atom stereocenters. The van der Waals surface area contributed by atoms with Crippen LogP contribution in [0.4, 0.5) is 5.69 Å². The van der Waals surface area contributed by atoms with Gasteiger partial charge in [-0.1, -0.05) is 42.5 Å². The summed E-state index contributed by atoms with van der Waals surface area (Å²) in [6.07, 6.45) is 2.55. The van der Waals surface area contributed by atoms with Crippen LogP contribution in [0, 0.1) is 0 Å². The Labute approximate surface area is 189 Å². The molecular formula is C24H22N6O3. The molecule has 4 rings (SSSR count). The van der Waals surface area contributed by atoms with Gasteiger partial charge < -0.3 is 15.7 Å². The SMILES string of the molecule is O=C(NCCc1cccc(NC(=O)c2ncccc2O)c1)c1n[nH]c(Cc2ccccc2)n1. The molecule has 9 nitrogen and oxygen atoms in total. The van der Waals surface area contributed by atoms with Crippen LogP contribution in [-0.2, 0) is 12.8 Å². The van der Waals surface area contributed by atoms with Gasteiger partial charge in [-0.05, 0) is 41.8 Å². The Balaban J connectivity index is 1.29. The van der Waals surface area contributed by atoms with Crippen LogP contribution in [-0.4, -0.2) is 43.6 Å². The number of nitrogens with zero attached hydrogens (tertiary/aromatic N) is 3. The standard InChI is InChI=1S/C24H22N6O3/c31-19-10-5-12-25-21(19)23(32)27-18-9-4-8-17(14-18)11-13-26-24(33)22-28-20(29-30-22)15-16-6-2-1-3-7-16/h1-10,12,14,31H,11,13,15H2,(H,26,33)(H,27,32)(H,28,29,30). The first-order chi connectivity index (χ1) is 16.1. The van der Waals surface area contributed by atoms with E-state index in [2.05, 4.69) is 30.8 Å². The lowest BCUT2D eigenvalue weighted by molar-refractivity contribution is 0.0943. The minimum Gasteiger partial charge on any atom is -0.505 e. The van der Waals surface area contributed by atoms with E-state index in [0.29, 0.717) is 30.9 Å². The van der Waals surface area contributed by atoms with E-state index in [1.165, 1.54) is 12.3 Å². The molecule has 9 heteroatoms. The maximum Gasteiger partial charge on any atom is 0.290 e. The molecule has 0 bridgehead atoms. The first-order valence-corrected chi connectivity index (χ1v) is 10.4. The quantitative estimate of drug-likeness (QED) is 0.332. The van der Waals surface area contributed by atoms with Crippen LogP contribution in [0.15, 0.2) is 72.9 Å². The fourth-order valence-electron chi connectivity index (χ4n) is 3.23. The minimum absolute atomic E-state index is 0.0479. The number of aromatic nitrogens is 4. The maximum absolute atomic E-state index is 12.4. The molecule has 4 N–H and O–H groups in total. The first kappa shape index (κ1) is 21.7. The topological polar surface area (TPSA) is 133 Å². The van der Waals surface area contributed by atoms with E-state index in [-0.39, 0.29) is 23.2 Å². The molecule has 0 spiro atoms. The van der Waals surface area contributed by atoms with Crippen molar-refractivity contribution in [2.75, 3.05) is 11.9 Å². The van der Waals surface area contributed by atoms with Crippen LogP contribution < -0.4 is 10.6 Å². The molecule has 0 radical (unpaired) electrons. The highest BCUT2D eigenvalue weighted by atomic mass is 16.3. The fourth-order valence-corrected chi connectivity index (χ4v) is 3.23. The molecule has 0 atom stereocenters. The van der Waals surface area contributed by atoms with Crippen LogP contribution >= 0.6 is 0 Å². The summed E-state index contributed by atoms with van der Waals surface area (Å²) in [5.74, 6) is -0.339. The van der Waals surface area contributed by atoms with Gasteiger partial charge in [-0.2, -0.15) is 0 Å². The van der Waals surface area contributed by atoms with E-state index >= 15 is 0 Å². The average molecular weight is 442 g/mol. The molecule has 0 saturated heterocycles. The van der Waals surface area contributed by atoms with Gasteiger partial charge in [0.1, 0.15) is 11.6 Å². The zero-order valence-corrected chi connectivity index (χ0v) is 17.7. The largest absolute Gasteiger partial charge is 0.505 e. The monoisotopic (exact) mass is 442 g/mol. The van der Waals surface area contributed by atoms with E-state index in [0.717, 1.165) is 11.1 Å².